The normalized spacial score (nSPS) is 18.6. The van der Waals surface area contributed by atoms with Crippen molar-refractivity contribution >= 4 is 29.2 Å². The minimum atomic E-state index is -1.10. The molecule has 1 aliphatic rings. The smallest absolute Gasteiger partial charge is 0.355 e. The first-order chi connectivity index (χ1) is 12.8. The number of nitrogens with one attached hydrogen (secondary N) is 1. The van der Waals surface area contributed by atoms with Crippen molar-refractivity contribution in [3.05, 3.63) is 62.2 Å². The van der Waals surface area contributed by atoms with Crippen molar-refractivity contribution < 1.29 is 23.6 Å². The zero-order chi connectivity index (χ0) is 19.9. The summed E-state index contributed by atoms with van der Waals surface area (Å²) < 4.78 is 20.0. The Morgan fingerprint density at radius 2 is 2.15 bits per heavy atom. The van der Waals surface area contributed by atoms with Crippen LogP contribution in [0.2, 0.25) is 5.02 Å². The number of carbonyl (C=O) groups excluding carboxylic acids is 2. The number of hydrogen-bond donors (Lipinski definition) is 1. The largest absolute Gasteiger partial charge is 0.461 e. The zero-order valence-electron chi connectivity index (χ0n) is 14.4. The lowest BCUT2D eigenvalue weighted by Crippen LogP contribution is -2.42. The fourth-order valence-corrected chi connectivity index (χ4v) is 3.37. The number of ether oxygens (including phenoxy) is 1. The molecule has 142 valence electrons. The SMILES string of the molecule is CCOC(=O)c1cc([N+](=O)[O-])c2n1C(C)C(=O)NC2c1cc(F)ccc1Cl. The van der Waals surface area contributed by atoms with E-state index in [-0.39, 0.29) is 28.6 Å². The quantitative estimate of drug-likeness (QED) is 0.486. The van der Waals surface area contributed by atoms with E-state index in [4.69, 9.17) is 16.3 Å². The van der Waals surface area contributed by atoms with Crippen molar-refractivity contribution in [2.45, 2.75) is 25.9 Å². The Labute approximate surface area is 158 Å². The van der Waals surface area contributed by atoms with E-state index in [0.29, 0.717) is 0 Å². The average Bonchev–Trinajstić information content (AvgIpc) is 3.02. The zero-order valence-corrected chi connectivity index (χ0v) is 15.1. The van der Waals surface area contributed by atoms with Crippen LogP contribution in [0, 0.1) is 15.9 Å². The summed E-state index contributed by atoms with van der Waals surface area (Å²) >= 11 is 6.14. The number of fused-ring (bicyclic) bond motifs is 1. The second-order valence-corrected chi connectivity index (χ2v) is 6.34. The highest BCUT2D eigenvalue weighted by atomic mass is 35.5. The number of rotatable bonds is 4. The van der Waals surface area contributed by atoms with Gasteiger partial charge in [-0.1, -0.05) is 11.6 Å². The number of aromatic nitrogens is 1. The maximum Gasteiger partial charge on any atom is 0.355 e. The van der Waals surface area contributed by atoms with Gasteiger partial charge >= 0.3 is 5.97 Å². The van der Waals surface area contributed by atoms with E-state index in [0.717, 1.165) is 18.2 Å². The van der Waals surface area contributed by atoms with Crippen molar-refractivity contribution in [1.29, 1.82) is 0 Å². The van der Waals surface area contributed by atoms with Gasteiger partial charge in [0, 0.05) is 16.7 Å². The van der Waals surface area contributed by atoms with E-state index in [1.807, 2.05) is 0 Å². The molecule has 0 aliphatic carbocycles. The Hall–Kier alpha value is -2.94. The molecule has 1 aliphatic heterocycles. The summed E-state index contributed by atoms with van der Waals surface area (Å²) in [7, 11) is 0. The molecule has 2 heterocycles. The molecule has 0 saturated heterocycles. The summed E-state index contributed by atoms with van der Waals surface area (Å²) in [5.74, 6) is -1.91. The number of amides is 1. The van der Waals surface area contributed by atoms with Gasteiger partial charge in [-0.15, -0.1) is 0 Å². The van der Waals surface area contributed by atoms with E-state index in [2.05, 4.69) is 5.32 Å². The molecule has 2 atom stereocenters. The molecule has 10 heteroatoms. The molecule has 1 aromatic heterocycles. The van der Waals surface area contributed by atoms with E-state index in [9.17, 15) is 24.1 Å². The summed E-state index contributed by atoms with van der Waals surface area (Å²) in [6.45, 7) is 3.15. The second-order valence-electron chi connectivity index (χ2n) is 5.93. The first-order valence-corrected chi connectivity index (χ1v) is 8.46. The molecule has 3 rings (SSSR count). The number of halogens is 2. The van der Waals surface area contributed by atoms with Gasteiger partial charge in [0.25, 0.3) is 5.69 Å². The van der Waals surface area contributed by atoms with E-state index < -0.39 is 40.4 Å². The first kappa shape index (κ1) is 18.8. The van der Waals surface area contributed by atoms with Crippen LogP contribution in [-0.2, 0) is 9.53 Å². The van der Waals surface area contributed by atoms with Gasteiger partial charge in [-0.3, -0.25) is 14.9 Å². The monoisotopic (exact) mass is 395 g/mol. The predicted octanol–water partition coefficient (Wildman–Crippen LogP) is 3.15. The average molecular weight is 396 g/mol. The number of nitro groups is 1. The number of benzene rings is 1. The third-order valence-electron chi connectivity index (χ3n) is 4.33. The van der Waals surface area contributed by atoms with Gasteiger partial charge in [0.15, 0.2) is 0 Å². The van der Waals surface area contributed by atoms with Gasteiger partial charge in [-0.25, -0.2) is 9.18 Å². The Morgan fingerprint density at radius 1 is 1.44 bits per heavy atom. The number of esters is 1. The van der Waals surface area contributed by atoms with Crippen LogP contribution in [-0.4, -0.2) is 28.0 Å². The predicted molar refractivity (Wildman–Crippen MR) is 93.1 cm³/mol. The maximum atomic E-state index is 13.8. The van der Waals surface area contributed by atoms with Crippen molar-refractivity contribution in [3.8, 4) is 0 Å². The molecule has 8 nitrogen and oxygen atoms in total. The van der Waals surface area contributed by atoms with E-state index in [1.54, 1.807) is 6.92 Å². The summed E-state index contributed by atoms with van der Waals surface area (Å²) in [5.41, 5.74) is -0.342. The lowest BCUT2D eigenvalue weighted by Gasteiger charge is -2.31. The van der Waals surface area contributed by atoms with Gasteiger partial charge in [-0.05, 0) is 32.0 Å². The maximum absolute atomic E-state index is 13.8. The lowest BCUT2D eigenvalue weighted by atomic mass is 9.99. The van der Waals surface area contributed by atoms with Gasteiger partial charge in [0.1, 0.15) is 29.3 Å². The van der Waals surface area contributed by atoms with E-state index in [1.165, 1.54) is 17.6 Å². The Bertz CT molecular complexity index is 958. The molecule has 0 bridgehead atoms. The fourth-order valence-electron chi connectivity index (χ4n) is 3.15. The Kier molecular flexibility index (Phi) is 4.88. The van der Waals surface area contributed by atoms with Crippen LogP contribution >= 0.6 is 11.6 Å². The van der Waals surface area contributed by atoms with Crippen LogP contribution in [0.4, 0.5) is 10.1 Å². The minimum Gasteiger partial charge on any atom is -0.461 e. The van der Waals surface area contributed by atoms with Crippen LogP contribution in [0.5, 0.6) is 0 Å². The van der Waals surface area contributed by atoms with E-state index >= 15 is 0 Å². The van der Waals surface area contributed by atoms with Crippen molar-refractivity contribution in [2.24, 2.45) is 0 Å². The molecule has 0 saturated carbocycles. The van der Waals surface area contributed by atoms with Gasteiger partial charge in [0.2, 0.25) is 5.91 Å². The molecule has 0 fully saturated rings. The second kappa shape index (κ2) is 6.99. The highest BCUT2D eigenvalue weighted by molar-refractivity contribution is 6.31. The third-order valence-corrected chi connectivity index (χ3v) is 4.68. The van der Waals surface area contributed by atoms with Crippen LogP contribution in [0.15, 0.2) is 24.3 Å². The fraction of sp³-hybridized carbons (Fsp3) is 0.294. The summed E-state index contributed by atoms with van der Waals surface area (Å²) in [4.78, 5) is 35.7. The molecule has 1 N–H and O–H groups in total. The number of hydrogen-bond acceptors (Lipinski definition) is 5. The molecule has 0 spiro atoms. The van der Waals surface area contributed by atoms with Gasteiger partial charge in [0.05, 0.1) is 11.5 Å². The Morgan fingerprint density at radius 3 is 2.78 bits per heavy atom. The summed E-state index contributed by atoms with van der Waals surface area (Å²) in [5, 5.41) is 14.3. The molecule has 0 radical (unpaired) electrons. The summed E-state index contributed by atoms with van der Waals surface area (Å²) in [6.07, 6.45) is 0. The van der Waals surface area contributed by atoms with Gasteiger partial charge in [-0.2, -0.15) is 0 Å². The number of carbonyl (C=O) groups is 2. The molecule has 1 aromatic carbocycles. The van der Waals surface area contributed by atoms with Crippen LogP contribution in [0.3, 0.4) is 0 Å². The van der Waals surface area contributed by atoms with Crippen molar-refractivity contribution in [1.82, 2.24) is 9.88 Å². The highest BCUT2D eigenvalue weighted by Gasteiger charge is 2.41. The van der Waals surface area contributed by atoms with Crippen LogP contribution in [0.1, 0.15) is 47.7 Å². The summed E-state index contributed by atoms with van der Waals surface area (Å²) in [6, 6.07) is 2.58. The highest BCUT2D eigenvalue weighted by Crippen LogP contribution is 2.40. The molecule has 2 unspecified atom stereocenters. The molecule has 27 heavy (non-hydrogen) atoms. The molecular weight excluding hydrogens is 381 g/mol. The van der Waals surface area contributed by atoms with Crippen LogP contribution < -0.4 is 5.32 Å². The first-order valence-electron chi connectivity index (χ1n) is 8.08. The number of nitrogens with zero attached hydrogens (tertiary/aromatic N) is 2. The lowest BCUT2D eigenvalue weighted by molar-refractivity contribution is -0.385. The molecule has 2 aromatic rings. The van der Waals surface area contributed by atoms with Crippen molar-refractivity contribution in [2.75, 3.05) is 6.61 Å². The third kappa shape index (κ3) is 3.14. The Balaban J connectivity index is 2.30. The topological polar surface area (TPSA) is 103 Å². The standard InChI is InChI=1S/C17H15ClFN3O5/c1-3-27-17(24)13-7-12(22(25)26)15-14(20-16(23)8(2)21(13)15)10-6-9(19)4-5-11(10)18/h4-8,14H,3H2,1-2H3,(H,20,23). The van der Waals surface area contributed by atoms with Crippen LogP contribution in [0.25, 0.3) is 0 Å². The minimum absolute atomic E-state index is 0.0302. The van der Waals surface area contributed by atoms with Gasteiger partial charge < -0.3 is 14.6 Å². The van der Waals surface area contributed by atoms with Crippen molar-refractivity contribution in [3.63, 3.8) is 0 Å². The molecule has 1 amide bonds. The molecular formula is C17H15ClFN3O5.